The maximum atomic E-state index is 13.9. The Morgan fingerprint density at radius 3 is 2.64 bits per heavy atom. The van der Waals surface area contributed by atoms with Crippen molar-refractivity contribution in [3.63, 3.8) is 0 Å². The van der Waals surface area contributed by atoms with E-state index in [9.17, 15) is 4.79 Å². The van der Waals surface area contributed by atoms with E-state index in [0.717, 1.165) is 56.0 Å². The Bertz CT molecular complexity index is 1120. The van der Waals surface area contributed by atoms with Crippen molar-refractivity contribution in [1.29, 1.82) is 5.26 Å². The van der Waals surface area contributed by atoms with Crippen molar-refractivity contribution >= 4 is 11.6 Å². The number of aromatic amines is 1. The first kappa shape index (κ1) is 22.9. The normalized spacial score (nSPS) is 19.8. The number of benzene rings is 2. The zero-order valence-corrected chi connectivity index (χ0v) is 19.5. The van der Waals surface area contributed by atoms with E-state index >= 15 is 0 Å². The number of piperazine rings is 1. The van der Waals surface area contributed by atoms with E-state index in [1.165, 1.54) is 5.56 Å². The first-order chi connectivity index (χ1) is 16.1. The molecule has 1 fully saturated rings. The molecule has 3 aromatic rings. The molecule has 2 heterocycles. The molecule has 6 heteroatoms. The molecule has 1 amide bonds. The zero-order valence-electron chi connectivity index (χ0n) is 19.5. The molecular formula is C27H32N5O+. The van der Waals surface area contributed by atoms with Crippen LogP contribution >= 0.6 is 0 Å². The van der Waals surface area contributed by atoms with Crippen LogP contribution in [0.1, 0.15) is 48.3 Å². The number of unbranched alkanes of at least 4 members (excludes halogenated alkanes) is 1. The molecule has 0 radical (unpaired) electrons. The molecule has 1 N–H and O–H groups in total. The number of imidazole rings is 1. The highest BCUT2D eigenvalue weighted by molar-refractivity contribution is 5.91. The van der Waals surface area contributed by atoms with Gasteiger partial charge in [-0.05, 0) is 43.5 Å². The lowest BCUT2D eigenvalue weighted by molar-refractivity contribution is -0.136. The monoisotopic (exact) mass is 442 g/mol. The van der Waals surface area contributed by atoms with Gasteiger partial charge in [-0.15, -0.1) is 0 Å². The number of nitrogens with zero attached hydrogens (tertiary/aromatic N) is 4. The average Bonchev–Trinajstić information content (AvgIpc) is 3.37. The number of nitriles is 1. The summed E-state index contributed by atoms with van der Waals surface area (Å²) in [4.78, 5) is 23.9. The number of quaternary nitrogens is 1. The molecule has 1 aliphatic rings. The van der Waals surface area contributed by atoms with Gasteiger partial charge in [0.1, 0.15) is 24.6 Å². The second-order valence-electron chi connectivity index (χ2n) is 8.92. The van der Waals surface area contributed by atoms with Crippen LogP contribution in [0.25, 0.3) is 0 Å². The SMILES string of the molecule is CCCC[N@+]1(c2ccccc2C)CCN([C@@H](Cc2ccc(C#N)cc2)c2ncc[nH]2)CC1=O. The van der Waals surface area contributed by atoms with Gasteiger partial charge in [0, 0.05) is 24.5 Å². The van der Waals surface area contributed by atoms with Crippen LogP contribution in [-0.2, 0) is 11.2 Å². The van der Waals surface area contributed by atoms with E-state index in [-0.39, 0.29) is 11.9 Å². The van der Waals surface area contributed by atoms with E-state index < -0.39 is 0 Å². The highest BCUT2D eigenvalue weighted by Crippen LogP contribution is 2.33. The molecule has 1 saturated heterocycles. The standard InChI is InChI=1S/C27H32N5O/c1-3-4-16-32(25-8-6-5-7-21(25)2)17-15-31(20-26(32)33)24(27-29-13-14-30-27)18-22-9-11-23(19-28)12-10-22/h5-14,24H,3-4,15-18,20H2,1-2H3,(H,29,30)/q+1/t24-,32+/m0/s1. The second-order valence-corrected chi connectivity index (χ2v) is 8.92. The van der Waals surface area contributed by atoms with Crippen LogP contribution in [-0.4, -0.2) is 47.0 Å². The Morgan fingerprint density at radius 1 is 1.21 bits per heavy atom. The van der Waals surface area contributed by atoms with E-state index in [2.05, 4.69) is 46.9 Å². The van der Waals surface area contributed by atoms with Gasteiger partial charge in [-0.25, -0.2) is 14.3 Å². The summed E-state index contributed by atoms with van der Waals surface area (Å²) in [5.74, 6) is 1.12. The fourth-order valence-corrected chi connectivity index (χ4v) is 4.96. The lowest BCUT2D eigenvalue weighted by Crippen LogP contribution is -2.65. The molecule has 1 aromatic heterocycles. The molecule has 6 nitrogen and oxygen atoms in total. The van der Waals surface area contributed by atoms with Crippen molar-refractivity contribution in [2.24, 2.45) is 0 Å². The van der Waals surface area contributed by atoms with Crippen LogP contribution in [0, 0.1) is 18.3 Å². The third-order valence-corrected chi connectivity index (χ3v) is 6.84. The van der Waals surface area contributed by atoms with E-state index in [1.807, 2.05) is 42.6 Å². The topological polar surface area (TPSA) is 72.8 Å². The van der Waals surface area contributed by atoms with Gasteiger partial charge < -0.3 is 4.98 Å². The Kier molecular flexibility index (Phi) is 7.02. The predicted molar refractivity (Wildman–Crippen MR) is 130 cm³/mol. The summed E-state index contributed by atoms with van der Waals surface area (Å²) in [6, 6.07) is 18.2. The molecule has 0 bridgehead atoms. The van der Waals surface area contributed by atoms with Crippen molar-refractivity contribution in [3.05, 3.63) is 83.4 Å². The van der Waals surface area contributed by atoms with Crippen LogP contribution in [0.3, 0.4) is 0 Å². The number of carbonyl (C=O) groups excluding carboxylic acids is 1. The summed E-state index contributed by atoms with van der Waals surface area (Å²) >= 11 is 0. The summed E-state index contributed by atoms with van der Waals surface area (Å²) in [6.07, 6.45) is 6.42. The van der Waals surface area contributed by atoms with E-state index in [1.54, 1.807) is 6.20 Å². The van der Waals surface area contributed by atoms with Crippen molar-refractivity contribution < 1.29 is 4.79 Å². The van der Waals surface area contributed by atoms with Gasteiger partial charge in [0.05, 0.1) is 24.2 Å². The molecule has 2 atom stereocenters. The summed E-state index contributed by atoms with van der Waals surface area (Å²) in [6.45, 7) is 7.09. The van der Waals surface area contributed by atoms with Gasteiger partial charge >= 0.3 is 5.91 Å². The molecule has 0 unspecified atom stereocenters. The van der Waals surface area contributed by atoms with Crippen LogP contribution < -0.4 is 4.48 Å². The van der Waals surface area contributed by atoms with Gasteiger partial charge in [-0.3, -0.25) is 4.90 Å². The quantitative estimate of drug-likeness (QED) is 0.521. The maximum absolute atomic E-state index is 13.9. The summed E-state index contributed by atoms with van der Waals surface area (Å²) in [5.41, 5.74) is 4.09. The Hall–Kier alpha value is -3.27. The third kappa shape index (κ3) is 4.75. The minimum Gasteiger partial charge on any atom is -0.347 e. The number of nitrogens with one attached hydrogen (secondary N) is 1. The number of hydrogen-bond acceptors (Lipinski definition) is 4. The van der Waals surface area contributed by atoms with Gasteiger partial charge in [-0.2, -0.15) is 5.26 Å². The Balaban J connectivity index is 1.61. The van der Waals surface area contributed by atoms with Crippen molar-refractivity contribution in [1.82, 2.24) is 19.4 Å². The van der Waals surface area contributed by atoms with Gasteiger partial charge in [0.15, 0.2) is 0 Å². The largest absolute Gasteiger partial charge is 0.347 e. The number of hydrogen-bond donors (Lipinski definition) is 1. The molecule has 33 heavy (non-hydrogen) atoms. The Morgan fingerprint density at radius 2 is 2.00 bits per heavy atom. The van der Waals surface area contributed by atoms with E-state index in [0.29, 0.717) is 16.6 Å². The molecule has 4 rings (SSSR count). The predicted octanol–water partition coefficient (Wildman–Crippen LogP) is 4.52. The van der Waals surface area contributed by atoms with Gasteiger partial charge in [0.2, 0.25) is 0 Å². The summed E-state index contributed by atoms with van der Waals surface area (Å²) in [5, 5.41) is 9.11. The molecule has 0 saturated carbocycles. The van der Waals surface area contributed by atoms with Gasteiger partial charge in [-0.1, -0.05) is 43.7 Å². The number of amides is 1. The number of para-hydroxylation sites is 1. The number of H-pyrrole nitrogens is 1. The van der Waals surface area contributed by atoms with Crippen molar-refractivity contribution in [2.45, 2.75) is 39.2 Å². The number of carbonyl (C=O) groups is 1. The number of rotatable bonds is 8. The van der Waals surface area contributed by atoms with Crippen LogP contribution in [0.2, 0.25) is 0 Å². The molecule has 2 aromatic carbocycles. The van der Waals surface area contributed by atoms with Crippen molar-refractivity contribution in [3.8, 4) is 6.07 Å². The molecule has 1 aliphatic heterocycles. The van der Waals surface area contributed by atoms with E-state index in [4.69, 9.17) is 5.26 Å². The van der Waals surface area contributed by atoms with Crippen LogP contribution in [0.4, 0.5) is 5.69 Å². The van der Waals surface area contributed by atoms with Gasteiger partial charge in [0.25, 0.3) is 0 Å². The second kappa shape index (κ2) is 10.1. The smallest absolute Gasteiger partial charge is 0.332 e. The summed E-state index contributed by atoms with van der Waals surface area (Å²) < 4.78 is 0.429. The minimum atomic E-state index is -0.0258. The lowest BCUT2D eigenvalue weighted by atomic mass is 10.0. The molecule has 0 aliphatic carbocycles. The molecular weight excluding hydrogens is 410 g/mol. The molecule has 170 valence electrons. The average molecular weight is 443 g/mol. The Labute approximate surface area is 196 Å². The first-order valence-electron chi connectivity index (χ1n) is 11.8. The molecule has 0 spiro atoms. The fraction of sp³-hybridized carbons (Fsp3) is 0.370. The first-order valence-corrected chi connectivity index (χ1v) is 11.8. The number of aryl methyl sites for hydroxylation is 1. The van der Waals surface area contributed by atoms with Crippen molar-refractivity contribution in [2.75, 3.05) is 26.2 Å². The summed E-state index contributed by atoms with van der Waals surface area (Å²) in [7, 11) is 0. The lowest BCUT2D eigenvalue weighted by Gasteiger charge is -2.44. The zero-order chi connectivity index (χ0) is 23.3. The number of aromatic nitrogens is 2. The maximum Gasteiger partial charge on any atom is 0.332 e. The minimum absolute atomic E-state index is 0.0258. The highest BCUT2D eigenvalue weighted by atomic mass is 16.2. The third-order valence-electron chi connectivity index (χ3n) is 6.84. The van der Waals surface area contributed by atoms with Crippen LogP contribution in [0.15, 0.2) is 60.9 Å². The fourth-order valence-electron chi connectivity index (χ4n) is 4.96. The van der Waals surface area contributed by atoms with Crippen LogP contribution in [0.5, 0.6) is 0 Å². The highest BCUT2D eigenvalue weighted by Gasteiger charge is 2.45.